The molecule has 0 saturated heterocycles. The van der Waals surface area contributed by atoms with Crippen molar-refractivity contribution in [3.8, 4) is 5.69 Å². The maximum Gasteiger partial charge on any atom is 0.490 e. The van der Waals surface area contributed by atoms with E-state index < -0.39 is 17.1 Å². The van der Waals surface area contributed by atoms with Crippen LogP contribution in [-0.4, -0.2) is 41.9 Å². The lowest BCUT2D eigenvalue weighted by atomic mass is 10.2. The van der Waals surface area contributed by atoms with Crippen molar-refractivity contribution in [1.82, 2.24) is 19.7 Å². The number of rotatable bonds is 2. The molecular formula is C16H10F3N5O4. The largest absolute Gasteiger partial charge is 0.490 e. The van der Waals surface area contributed by atoms with Crippen LogP contribution in [0.3, 0.4) is 0 Å². The summed E-state index contributed by atoms with van der Waals surface area (Å²) in [6.45, 7) is 0. The van der Waals surface area contributed by atoms with Crippen molar-refractivity contribution in [3.05, 3.63) is 59.0 Å². The summed E-state index contributed by atoms with van der Waals surface area (Å²) < 4.78 is 33.5. The van der Waals surface area contributed by atoms with Crippen LogP contribution in [0.1, 0.15) is 0 Å². The van der Waals surface area contributed by atoms with E-state index in [9.17, 15) is 23.3 Å². The zero-order valence-electron chi connectivity index (χ0n) is 13.7. The van der Waals surface area contributed by atoms with Gasteiger partial charge in [-0.25, -0.2) is 14.5 Å². The van der Waals surface area contributed by atoms with Crippen LogP contribution < -0.4 is 0 Å². The quantitative estimate of drug-likeness (QED) is 0.397. The Hall–Kier alpha value is -3.96. The van der Waals surface area contributed by atoms with Crippen molar-refractivity contribution >= 4 is 33.6 Å². The van der Waals surface area contributed by atoms with Crippen LogP contribution in [0.2, 0.25) is 0 Å². The minimum absolute atomic E-state index is 0.0589. The molecule has 0 atom stereocenters. The number of halogens is 3. The molecule has 0 radical (unpaired) electrons. The highest BCUT2D eigenvalue weighted by atomic mass is 19.4. The third-order valence-electron chi connectivity index (χ3n) is 3.63. The first kappa shape index (κ1) is 18.8. The van der Waals surface area contributed by atoms with E-state index in [2.05, 4.69) is 15.1 Å². The van der Waals surface area contributed by atoms with Gasteiger partial charge in [0.05, 0.1) is 16.1 Å². The van der Waals surface area contributed by atoms with Crippen molar-refractivity contribution in [2.75, 3.05) is 0 Å². The standard InChI is InChI=1S/C14H9N5O2.C2HF3O2/c20-19(21)10-1-2-12-9(7-10)8-18(17-12)13-4-6-16-14-11(13)3-5-15-14;3-2(4,5)1(6)7/h1-8H,(H,15,16);(H,6,7). The van der Waals surface area contributed by atoms with E-state index in [-0.39, 0.29) is 5.69 Å². The molecule has 3 heterocycles. The lowest BCUT2D eigenvalue weighted by Gasteiger charge is -2.01. The highest BCUT2D eigenvalue weighted by molar-refractivity contribution is 5.86. The number of hydrogen-bond acceptors (Lipinski definition) is 5. The predicted molar refractivity (Wildman–Crippen MR) is 91.1 cm³/mol. The van der Waals surface area contributed by atoms with Crippen LogP contribution in [0.5, 0.6) is 0 Å². The molecule has 0 aliphatic carbocycles. The Morgan fingerprint density at radius 2 is 1.96 bits per heavy atom. The average molecular weight is 393 g/mol. The van der Waals surface area contributed by atoms with Gasteiger partial charge < -0.3 is 10.1 Å². The van der Waals surface area contributed by atoms with Gasteiger partial charge in [-0.3, -0.25) is 10.1 Å². The second-order valence-corrected chi connectivity index (χ2v) is 5.45. The number of nitro groups is 1. The van der Waals surface area contributed by atoms with Gasteiger partial charge in [0, 0.05) is 41.5 Å². The van der Waals surface area contributed by atoms with Gasteiger partial charge in [-0.2, -0.15) is 18.3 Å². The van der Waals surface area contributed by atoms with E-state index in [0.717, 1.165) is 22.1 Å². The Morgan fingerprint density at radius 3 is 2.61 bits per heavy atom. The van der Waals surface area contributed by atoms with E-state index in [0.29, 0.717) is 5.52 Å². The third kappa shape index (κ3) is 3.75. The number of benzene rings is 1. The number of nitrogens with one attached hydrogen (secondary N) is 1. The summed E-state index contributed by atoms with van der Waals surface area (Å²) in [7, 11) is 0. The number of non-ortho nitro benzene ring substituents is 1. The highest BCUT2D eigenvalue weighted by Crippen LogP contribution is 2.24. The van der Waals surface area contributed by atoms with Gasteiger partial charge >= 0.3 is 12.1 Å². The lowest BCUT2D eigenvalue weighted by Crippen LogP contribution is -2.21. The minimum Gasteiger partial charge on any atom is -0.475 e. The number of H-pyrrole nitrogens is 1. The van der Waals surface area contributed by atoms with Crippen LogP contribution in [0.25, 0.3) is 27.6 Å². The van der Waals surface area contributed by atoms with E-state index >= 15 is 0 Å². The molecule has 0 aliphatic heterocycles. The summed E-state index contributed by atoms with van der Waals surface area (Å²) in [4.78, 5) is 26.6. The van der Waals surface area contributed by atoms with Gasteiger partial charge in [0.1, 0.15) is 5.65 Å². The molecule has 144 valence electrons. The minimum atomic E-state index is -5.08. The molecule has 2 N–H and O–H groups in total. The van der Waals surface area contributed by atoms with Crippen molar-refractivity contribution in [1.29, 1.82) is 0 Å². The Bertz CT molecular complexity index is 1180. The lowest BCUT2D eigenvalue weighted by molar-refractivity contribution is -0.384. The van der Waals surface area contributed by atoms with E-state index in [1.165, 1.54) is 12.1 Å². The maximum atomic E-state index is 10.8. The zero-order valence-corrected chi connectivity index (χ0v) is 13.7. The van der Waals surface area contributed by atoms with Crippen molar-refractivity contribution in [2.24, 2.45) is 0 Å². The molecule has 4 aromatic rings. The Balaban J connectivity index is 0.000000279. The summed E-state index contributed by atoms with van der Waals surface area (Å²) in [6, 6.07) is 8.41. The van der Waals surface area contributed by atoms with Crippen molar-refractivity contribution in [3.63, 3.8) is 0 Å². The van der Waals surface area contributed by atoms with Gasteiger partial charge in [0.15, 0.2) is 0 Å². The molecule has 4 rings (SSSR count). The number of hydrogen-bond donors (Lipinski definition) is 2. The first-order chi connectivity index (χ1) is 13.2. The van der Waals surface area contributed by atoms with E-state index in [1.54, 1.807) is 23.1 Å². The molecule has 0 amide bonds. The van der Waals surface area contributed by atoms with Crippen LogP contribution in [-0.2, 0) is 4.79 Å². The summed E-state index contributed by atoms with van der Waals surface area (Å²) in [5, 5.41) is 24.1. The SMILES string of the molecule is O=C(O)C(F)(F)F.O=[N+]([O-])c1ccc2nn(-c3ccnc4[nH]ccc34)cc2c1. The highest BCUT2D eigenvalue weighted by Gasteiger charge is 2.38. The second-order valence-electron chi connectivity index (χ2n) is 5.45. The summed E-state index contributed by atoms with van der Waals surface area (Å²) in [5.74, 6) is -2.76. The van der Waals surface area contributed by atoms with Crippen LogP contribution in [0, 0.1) is 10.1 Å². The number of fused-ring (bicyclic) bond motifs is 2. The third-order valence-corrected chi connectivity index (χ3v) is 3.63. The number of carboxylic acids is 1. The molecule has 0 bridgehead atoms. The number of aromatic nitrogens is 4. The average Bonchev–Trinajstić information content (AvgIpc) is 3.26. The number of nitro benzene ring substituents is 1. The predicted octanol–water partition coefficient (Wildman–Crippen LogP) is 3.44. The molecule has 0 saturated carbocycles. The van der Waals surface area contributed by atoms with Crippen molar-refractivity contribution in [2.45, 2.75) is 6.18 Å². The maximum absolute atomic E-state index is 10.8. The second kappa shape index (κ2) is 6.98. The summed E-state index contributed by atoms with van der Waals surface area (Å²) >= 11 is 0. The fraction of sp³-hybridized carbons (Fsp3) is 0.0625. The summed E-state index contributed by atoms with van der Waals surface area (Å²) in [5.41, 5.74) is 2.42. The van der Waals surface area contributed by atoms with Gasteiger partial charge in [-0.1, -0.05) is 0 Å². The normalized spacial score (nSPS) is 11.2. The molecule has 3 aromatic heterocycles. The van der Waals surface area contributed by atoms with Crippen LogP contribution >= 0.6 is 0 Å². The Labute approximate surface area is 153 Å². The Kier molecular flexibility index (Phi) is 4.69. The number of aromatic amines is 1. The molecule has 0 unspecified atom stereocenters. The Morgan fingerprint density at radius 1 is 1.25 bits per heavy atom. The summed E-state index contributed by atoms with van der Waals surface area (Å²) in [6.07, 6.45) is 0.211. The number of pyridine rings is 1. The fourth-order valence-corrected chi connectivity index (χ4v) is 2.40. The molecule has 12 heteroatoms. The number of alkyl halides is 3. The van der Waals surface area contributed by atoms with Gasteiger partial charge in [-0.15, -0.1) is 0 Å². The molecule has 1 aromatic carbocycles. The smallest absolute Gasteiger partial charge is 0.475 e. The first-order valence-corrected chi connectivity index (χ1v) is 7.53. The van der Waals surface area contributed by atoms with E-state index in [1.807, 2.05) is 18.3 Å². The van der Waals surface area contributed by atoms with Gasteiger partial charge in [0.25, 0.3) is 5.69 Å². The monoisotopic (exact) mass is 393 g/mol. The topological polar surface area (TPSA) is 127 Å². The number of nitrogens with zero attached hydrogens (tertiary/aromatic N) is 4. The zero-order chi connectivity index (χ0) is 20.5. The number of carbonyl (C=O) groups is 1. The molecule has 0 aliphatic rings. The van der Waals surface area contributed by atoms with Gasteiger partial charge in [-0.05, 0) is 18.2 Å². The molecule has 28 heavy (non-hydrogen) atoms. The fourth-order valence-electron chi connectivity index (χ4n) is 2.40. The molecular weight excluding hydrogens is 383 g/mol. The number of carboxylic acid groups (broad SMARTS) is 1. The molecule has 9 nitrogen and oxygen atoms in total. The van der Waals surface area contributed by atoms with Crippen LogP contribution in [0.15, 0.2) is 48.9 Å². The first-order valence-electron chi connectivity index (χ1n) is 7.53. The number of aliphatic carboxylic acids is 1. The van der Waals surface area contributed by atoms with Crippen LogP contribution in [0.4, 0.5) is 18.9 Å². The molecule has 0 fully saturated rings. The van der Waals surface area contributed by atoms with E-state index in [4.69, 9.17) is 9.90 Å². The van der Waals surface area contributed by atoms with Crippen molar-refractivity contribution < 1.29 is 28.0 Å². The van der Waals surface area contributed by atoms with Gasteiger partial charge in [0.2, 0.25) is 0 Å². The molecule has 0 spiro atoms.